The summed E-state index contributed by atoms with van der Waals surface area (Å²) in [6.07, 6.45) is 3.29. The van der Waals surface area contributed by atoms with Crippen molar-refractivity contribution in [1.82, 2.24) is 19.7 Å². The molecule has 0 aromatic carbocycles. The Balaban J connectivity index is 2.64. The van der Waals surface area contributed by atoms with Gasteiger partial charge in [-0.1, -0.05) is 25.4 Å². The van der Waals surface area contributed by atoms with Gasteiger partial charge in [-0.15, -0.1) is 0 Å². The van der Waals surface area contributed by atoms with E-state index in [4.69, 9.17) is 11.6 Å². The number of halogens is 1. The fourth-order valence-corrected chi connectivity index (χ4v) is 2.35. The first kappa shape index (κ1) is 13.0. The van der Waals surface area contributed by atoms with E-state index in [-0.39, 0.29) is 12.0 Å². The van der Waals surface area contributed by atoms with E-state index in [0.717, 1.165) is 17.0 Å². The van der Waals surface area contributed by atoms with Crippen molar-refractivity contribution in [2.24, 2.45) is 0 Å². The van der Waals surface area contributed by atoms with E-state index >= 15 is 0 Å². The molecule has 0 saturated heterocycles. The molecule has 2 aromatic rings. The van der Waals surface area contributed by atoms with Gasteiger partial charge in [0.1, 0.15) is 11.5 Å². The molecule has 0 bridgehead atoms. The normalized spacial score (nSPS) is 11.5. The van der Waals surface area contributed by atoms with Crippen LogP contribution in [0.2, 0.25) is 5.15 Å². The second-order valence-corrected chi connectivity index (χ2v) is 5.19. The Bertz CT molecular complexity index is 546. The van der Waals surface area contributed by atoms with Crippen LogP contribution >= 0.6 is 11.6 Å². The third-order valence-corrected chi connectivity index (χ3v) is 3.12. The molecule has 2 heterocycles. The molecule has 0 radical (unpaired) electrons. The quantitative estimate of drug-likeness (QED) is 0.794. The molecule has 0 spiro atoms. The van der Waals surface area contributed by atoms with Crippen LogP contribution in [0.25, 0.3) is 11.4 Å². The van der Waals surface area contributed by atoms with Crippen molar-refractivity contribution in [2.45, 2.75) is 39.7 Å². The highest BCUT2D eigenvalue weighted by Crippen LogP contribution is 2.32. The predicted molar refractivity (Wildman–Crippen MR) is 72.7 cm³/mol. The predicted octanol–water partition coefficient (Wildman–Crippen LogP) is 3.70. The fraction of sp³-hybridized carbons (Fsp3) is 0.462. The highest BCUT2D eigenvalue weighted by molar-refractivity contribution is 6.30. The largest absolute Gasteiger partial charge is 0.261 e. The van der Waals surface area contributed by atoms with Gasteiger partial charge in [-0.2, -0.15) is 5.10 Å². The van der Waals surface area contributed by atoms with Gasteiger partial charge in [-0.05, 0) is 25.8 Å². The van der Waals surface area contributed by atoms with Crippen LogP contribution in [0.4, 0.5) is 0 Å². The van der Waals surface area contributed by atoms with Crippen LogP contribution in [0.1, 0.15) is 45.2 Å². The van der Waals surface area contributed by atoms with Crippen LogP contribution < -0.4 is 0 Å². The van der Waals surface area contributed by atoms with Crippen LogP contribution in [-0.2, 0) is 0 Å². The van der Waals surface area contributed by atoms with Crippen molar-refractivity contribution in [3.05, 3.63) is 29.3 Å². The van der Waals surface area contributed by atoms with E-state index in [1.54, 1.807) is 6.20 Å². The lowest BCUT2D eigenvalue weighted by Crippen LogP contribution is -2.08. The number of nitrogens with zero attached hydrogens (tertiary/aromatic N) is 4. The molecule has 5 heteroatoms. The van der Waals surface area contributed by atoms with Crippen molar-refractivity contribution in [1.29, 1.82) is 0 Å². The molecular formula is C13H17ClN4. The molecule has 0 saturated carbocycles. The van der Waals surface area contributed by atoms with E-state index < -0.39 is 0 Å². The number of rotatable bonds is 3. The van der Waals surface area contributed by atoms with Gasteiger partial charge in [-0.25, -0.2) is 9.97 Å². The lowest BCUT2D eigenvalue weighted by molar-refractivity contribution is 0.537. The first-order valence-corrected chi connectivity index (χ1v) is 6.44. The summed E-state index contributed by atoms with van der Waals surface area (Å²) in [5, 5.41) is 4.86. The van der Waals surface area contributed by atoms with Gasteiger partial charge in [0, 0.05) is 17.8 Å². The van der Waals surface area contributed by atoms with Gasteiger partial charge in [-0.3, -0.25) is 4.68 Å². The zero-order valence-electron chi connectivity index (χ0n) is 11.1. The Morgan fingerprint density at radius 1 is 1.17 bits per heavy atom. The molecule has 18 heavy (non-hydrogen) atoms. The average molecular weight is 265 g/mol. The molecule has 2 aromatic heterocycles. The second-order valence-electron chi connectivity index (χ2n) is 4.84. The maximum absolute atomic E-state index is 6.19. The Morgan fingerprint density at radius 2 is 1.89 bits per heavy atom. The maximum Gasteiger partial charge on any atom is 0.136 e. The summed E-state index contributed by atoms with van der Waals surface area (Å²) >= 11 is 6.19. The Hall–Kier alpha value is -1.42. The van der Waals surface area contributed by atoms with Crippen molar-refractivity contribution < 1.29 is 0 Å². The first-order chi connectivity index (χ1) is 8.52. The van der Waals surface area contributed by atoms with Gasteiger partial charge < -0.3 is 0 Å². The zero-order chi connectivity index (χ0) is 13.3. The Kier molecular flexibility index (Phi) is 3.66. The minimum absolute atomic E-state index is 0.268. The van der Waals surface area contributed by atoms with E-state index in [0.29, 0.717) is 5.15 Å². The fourth-order valence-electron chi connectivity index (χ4n) is 2.00. The summed E-state index contributed by atoms with van der Waals surface area (Å²) in [4.78, 5) is 8.46. The van der Waals surface area contributed by atoms with Crippen molar-refractivity contribution >= 4 is 11.6 Å². The highest BCUT2D eigenvalue weighted by atomic mass is 35.5. The van der Waals surface area contributed by atoms with Gasteiger partial charge in [0.25, 0.3) is 0 Å². The zero-order valence-corrected chi connectivity index (χ0v) is 11.8. The summed E-state index contributed by atoms with van der Waals surface area (Å²) in [5.74, 6) is 0.268. The molecule has 0 aliphatic rings. The molecule has 2 rings (SSSR count). The van der Waals surface area contributed by atoms with E-state index in [2.05, 4.69) is 42.8 Å². The van der Waals surface area contributed by atoms with Gasteiger partial charge >= 0.3 is 0 Å². The maximum atomic E-state index is 6.19. The van der Waals surface area contributed by atoms with Gasteiger partial charge in [0.05, 0.1) is 11.4 Å². The molecule has 0 amide bonds. The summed E-state index contributed by atoms with van der Waals surface area (Å²) in [6.45, 7) is 8.36. The molecule has 0 N–H and O–H groups in total. The second kappa shape index (κ2) is 5.06. The van der Waals surface area contributed by atoms with E-state index in [9.17, 15) is 0 Å². The van der Waals surface area contributed by atoms with Crippen LogP contribution in [0.3, 0.4) is 0 Å². The van der Waals surface area contributed by atoms with Gasteiger partial charge in [0.15, 0.2) is 0 Å². The minimum Gasteiger partial charge on any atom is -0.261 e. The molecular weight excluding hydrogens is 248 g/mol. The monoisotopic (exact) mass is 264 g/mol. The third-order valence-electron chi connectivity index (χ3n) is 2.81. The van der Waals surface area contributed by atoms with Crippen LogP contribution in [0.5, 0.6) is 0 Å². The van der Waals surface area contributed by atoms with Crippen molar-refractivity contribution in [3.63, 3.8) is 0 Å². The van der Waals surface area contributed by atoms with Crippen LogP contribution in [-0.4, -0.2) is 19.7 Å². The number of hydrogen-bond acceptors (Lipinski definition) is 3. The van der Waals surface area contributed by atoms with Gasteiger partial charge in [0.2, 0.25) is 0 Å². The topological polar surface area (TPSA) is 43.6 Å². The number of hydrogen-bond donors (Lipinski definition) is 0. The van der Waals surface area contributed by atoms with Crippen LogP contribution in [0.15, 0.2) is 18.6 Å². The lowest BCUT2D eigenvalue weighted by Gasteiger charge is -2.15. The van der Waals surface area contributed by atoms with E-state index in [1.807, 2.05) is 10.7 Å². The standard InChI is InChI=1S/C13H17ClN4/c1-8(2)11-12(15-7-16-13(11)14)10-5-6-17-18(10)9(3)4/h5-9H,1-4H3. The van der Waals surface area contributed by atoms with Crippen LogP contribution in [0, 0.1) is 0 Å². The smallest absolute Gasteiger partial charge is 0.136 e. The molecule has 0 aliphatic carbocycles. The minimum atomic E-state index is 0.268. The molecule has 0 unspecified atom stereocenters. The first-order valence-electron chi connectivity index (χ1n) is 6.06. The summed E-state index contributed by atoms with van der Waals surface area (Å²) in [5.41, 5.74) is 2.83. The summed E-state index contributed by atoms with van der Waals surface area (Å²) < 4.78 is 1.95. The van der Waals surface area contributed by atoms with Crippen molar-refractivity contribution in [3.8, 4) is 11.4 Å². The highest BCUT2D eigenvalue weighted by Gasteiger charge is 2.18. The molecule has 0 fully saturated rings. The molecule has 96 valence electrons. The Labute approximate surface area is 112 Å². The molecule has 0 aliphatic heterocycles. The number of aromatic nitrogens is 4. The lowest BCUT2D eigenvalue weighted by atomic mass is 10.0. The SMILES string of the molecule is CC(C)c1c(Cl)ncnc1-c1ccnn1C(C)C. The molecule has 0 atom stereocenters. The van der Waals surface area contributed by atoms with Crippen molar-refractivity contribution in [2.75, 3.05) is 0 Å². The summed E-state index contributed by atoms with van der Waals surface area (Å²) in [7, 11) is 0. The van der Waals surface area contributed by atoms with E-state index in [1.165, 1.54) is 6.33 Å². The summed E-state index contributed by atoms with van der Waals surface area (Å²) in [6, 6.07) is 2.24. The average Bonchev–Trinajstić information content (AvgIpc) is 2.76. The Morgan fingerprint density at radius 3 is 2.50 bits per heavy atom. The third kappa shape index (κ3) is 2.25. The molecule has 4 nitrogen and oxygen atoms in total.